The van der Waals surface area contributed by atoms with Crippen LogP contribution in [0.2, 0.25) is 0 Å². The molecule has 2 aromatic rings. The summed E-state index contributed by atoms with van der Waals surface area (Å²) in [5.74, 6) is -0.660. The highest BCUT2D eigenvalue weighted by atomic mass is 32.2. The summed E-state index contributed by atoms with van der Waals surface area (Å²) in [6, 6.07) is 5.39. The lowest BCUT2D eigenvalue weighted by Gasteiger charge is -2.35. The van der Waals surface area contributed by atoms with E-state index in [4.69, 9.17) is 22.3 Å². The quantitative estimate of drug-likeness (QED) is 0.464. The van der Waals surface area contributed by atoms with Crippen LogP contribution in [0.4, 0.5) is 5.82 Å². The molecule has 4 heterocycles. The van der Waals surface area contributed by atoms with Gasteiger partial charge in [0.25, 0.3) is 11.5 Å². The molecule has 9 nitrogen and oxygen atoms in total. The number of aromatic nitrogens is 2. The van der Waals surface area contributed by atoms with Crippen molar-refractivity contribution < 1.29 is 14.7 Å². The van der Waals surface area contributed by atoms with Crippen LogP contribution in [0.3, 0.4) is 0 Å². The van der Waals surface area contributed by atoms with E-state index < -0.39 is 5.97 Å². The van der Waals surface area contributed by atoms with Gasteiger partial charge in [0.1, 0.15) is 15.8 Å². The number of anilines is 1. The average Bonchev–Trinajstić information content (AvgIpc) is 3.08. The van der Waals surface area contributed by atoms with Gasteiger partial charge in [-0.15, -0.1) is 0 Å². The van der Waals surface area contributed by atoms with Gasteiger partial charge in [-0.05, 0) is 31.2 Å². The van der Waals surface area contributed by atoms with E-state index in [0.29, 0.717) is 32.7 Å². The van der Waals surface area contributed by atoms with Crippen molar-refractivity contribution in [2.45, 2.75) is 19.8 Å². The molecule has 0 spiro atoms. The Balaban J connectivity index is 1.70. The SMILES string of the molecule is CCN1CCN(c2nc3ccccn3c(=O)c2/C=C2\SC(=S)N(CCCC(=O)O)C2=O)CC1. The van der Waals surface area contributed by atoms with Crippen molar-refractivity contribution in [1.29, 1.82) is 0 Å². The highest BCUT2D eigenvalue weighted by Gasteiger charge is 2.33. The number of aliphatic carboxylic acids is 1. The number of hydrogen-bond donors (Lipinski definition) is 1. The molecule has 0 aromatic carbocycles. The lowest BCUT2D eigenvalue weighted by molar-refractivity contribution is -0.137. The number of pyridine rings is 1. The van der Waals surface area contributed by atoms with Crippen molar-refractivity contribution in [3.8, 4) is 0 Å². The van der Waals surface area contributed by atoms with Gasteiger partial charge in [-0.3, -0.25) is 23.7 Å². The van der Waals surface area contributed by atoms with Gasteiger partial charge in [-0.2, -0.15) is 0 Å². The van der Waals surface area contributed by atoms with E-state index in [1.54, 1.807) is 24.4 Å². The zero-order chi connectivity index (χ0) is 23.5. The molecule has 2 aliphatic rings. The standard InChI is InChI=1S/C22H25N5O4S2/c1-2-24-10-12-25(13-11-24)19-15(20(30)26-8-4-3-6-17(26)23-19)14-16-21(31)27(22(32)33-16)9-5-7-18(28)29/h3-4,6,8,14H,2,5,7,9-13H2,1H3,(H,28,29)/b16-14-. The summed E-state index contributed by atoms with van der Waals surface area (Å²) in [5.41, 5.74) is 0.660. The Morgan fingerprint density at radius 3 is 2.70 bits per heavy atom. The second-order valence-corrected chi connectivity index (χ2v) is 9.51. The molecule has 174 valence electrons. The summed E-state index contributed by atoms with van der Waals surface area (Å²) in [4.78, 5) is 48.2. The lowest BCUT2D eigenvalue weighted by atomic mass is 10.2. The largest absolute Gasteiger partial charge is 0.481 e. The molecule has 0 atom stereocenters. The third-order valence-corrected chi connectivity index (χ3v) is 7.17. The van der Waals surface area contributed by atoms with Crippen LogP contribution in [0.15, 0.2) is 34.1 Å². The summed E-state index contributed by atoms with van der Waals surface area (Å²) < 4.78 is 1.84. The first-order valence-electron chi connectivity index (χ1n) is 10.8. The van der Waals surface area contributed by atoms with Crippen LogP contribution < -0.4 is 10.5 Å². The summed E-state index contributed by atoms with van der Waals surface area (Å²) in [6.07, 6.45) is 3.52. The Morgan fingerprint density at radius 1 is 1.24 bits per heavy atom. The number of hydrogen-bond acceptors (Lipinski definition) is 8. The molecule has 1 N–H and O–H groups in total. The number of thiocarbonyl (C=S) groups is 1. The van der Waals surface area contributed by atoms with Crippen molar-refractivity contribution in [3.05, 3.63) is 45.2 Å². The molecule has 2 aromatic heterocycles. The summed E-state index contributed by atoms with van der Waals surface area (Å²) >= 11 is 6.48. The number of amides is 1. The highest BCUT2D eigenvalue weighted by Crippen LogP contribution is 2.33. The Labute approximate surface area is 200 Å². The number of carboxylic acids is 1. The van der Waals surface area contributed by atoms with E-state index in [1.807, 2.05) is 6.07 Å². The first-order chi connectivity index (χ1) is 15.9. The van der Waals surface area contributed by atoms with Crippen LogP contribution in [0.25, 0.3) is 11.7 Å². The predicted molar refractivity (Wildman–Crippen MR) is 133 cm³/mol. The van der Waals surface area contributed by atoms with E-state index in [-0.39, 0.29) is 24.4 Å². The fourth-order valence-corrected chi connectivity index (χ4v) is 5.24. The maximum atomic E-state index is 13.4. The minimum absolute atomic E-state index is 0.0417. The van der Waals surface area contributed by atoms with Gasteiger partial charge in [0, 0.05) is 45.3 Å². The normalized spacial score (nSPS) is 18.6. The molecule has 11 heteroatoms. The molecular weight excluding hydrogens is 462 g/mol. The smallest absolute Gasteiger partial charge is 0.303 e. The number of carbonyl (C=O) groups excluding carboxylic acids is 1. The van der Waals surface area contributed by atoms with Gasteiger partial charge in [0.15, 0.2) is 0 Å². The fourth-order valence-electron chi connectivity index (χ4n) is 3.95. The molecule has 0 unspecified atom stereocenters. The number of likely N-dealkylation sites (N-methyl/N-ethyl adjacent to an activating group) is 1. The van der Waals surface area contributed by atoms with E-state index >= 15 is 0 Å². The number of nitrogens with zero attached hydrogens (tertiary/aromatic N) is 5. The van der Waals surface area contributed by atoms with E-state index in [9.17, 15) is 14.4 Å². The Hall–Kier alpha value is -2.76. The predicted octanol–water partition coefficient (Wildman–Crippen LogP) is 1.90. The maximum absolute atomic E-state index is 13.4. The van der Waals surface area contributed by atoms with Gasteiger partial charge in [-0.25, -0.2) is 4.98 Å². The van der Waals surface area contributed by atoms with Gasteiger partial charge >= 0.3 is 5.97 Å². The molecule has 2 fully saturated rings. The molecule has 4 rings (SSSR count). The highest BCUT2D eigenvalue weighted by molar-refractivity contribution is 8.26. The van der Waals surface area contributed by atoms with Crippen molar-refractivity contribution in [3.63, 3.8) is 0 Å². The van der Waals surface area contributed by atoms with Gasteiger partial charge < -0.3 is 14.9 Å². The average molecular weight is 488 g/mol. The van der Waals surface area contributed by atoms with Crippen molar-refractivity contribution in [1.82, 2.24) is 19.2 Å². The van der Waals surface area contributed by atoms with Crippen LogP contribution in [-0.2, 0) is 9.59 Å². The molecule has 0 radical (unpaired) electrons. The number of rotatable bonds is 7. The zero-order valence-corrected chi connectivity index (χ0v) is 19.9. The molecule has 2 saturated heterocycles. The number of fused-ring (bicyclic) bond motifs is 1. The molecule has 1 amide bonds. The van der Waals surface area contributed by atoms with Crippen LogP contribution in [0.1, 0.15) is 25.3 Å². The Kier molecular flexibility index (Phi) is 7.11. The van der Waals surface area contributed by atoms with E-state index in [0.717, 1.165) is 44.5 Å². The number of carboxylic acid groups (broad SMARTS) is 1. The molecule has 0 aliphatic carbocycles. The third-order valence-electron chi connectivity index (χ3n) is 5.79. The molecular formula is C22H25N5O4S2. The first-order valence-corrected chi connectivity index (χ1v) is 12.1. The summed E-state index contributed by atoms with van der Waals surface area (Å²) in [7, 11) is 0. The van der Waals surface area contributed by atoms with Gasteiger partial charge in [0.2, 0.25) is 0 Å². The minimum Gasteiger partial charge on any atom is -0.481 e. The second kappa shape index (κ2) is 10.0. The summed E-state index contributed by atoms with van der Waals surface area (Å²) in [6.45, 7) is 6.55. The Bertz CT molecular complexity index is 1190. The Morgan fingerprint density at radius 2 is 2.00 bits per heavy atom. The molecule has 0 bridgehead atoms. The van der Waals surface area contributed by atoms with Crippen molar-refractivity contribution in [2.24, 2.45) is 0 Å². The van der Waals surface area contributed by atoms with E-state index in [1.165, 1.54) is 9.30 Å². The number of carbonyl (C=O) groups is 2. The number of piperazine rings is 1. The monoisotopic (exact) mass is 487 g/mol. The molecule has 2 aliphatic heterocycles. The lowest BCUT2D eigenvalue weighted by Crippen LogP contribution is -2.47. The zero-order valence-electron chi connectivity index (χ0n) is 18.3. The molecule has 33 heavy (non-hydrogen) atoms. The second-order valence-electron chi connectivity index (χ2n) is 7.84. The van der Waals surface area contributed by atoms with Gasteiger partial charge in [-0.1, -0.05) is 37.0 Å². The topological polar surface area (TPSA) is 98.5 Å². The minimum atomic E-state index is -0.918. The third kappa shape index (κ3) is 4.94. The molecule has 0 saturated carbocycles. The fraction of sp³-hybridized carbons (Fsp3) is 0.409. The van der Waals surface area contributed by atoms with Crippen molar-refractivity contribution >= 4 is 57.7 Å². The van der Waals surface area contributed by atoms with Crippen LogP contribution in [0, 0.1) is 0 Å². The van der Waals surface area contributed by atoms with Gasteiger partial charge in [0.05, 0.1) is 10.5 Å². The van der Waals surface area contributed by atoms with Crippen LogP contribution >= 0.6 is 24.0 Å². The van der Waals surface area contributed by atoms with Crippen LogP contribution in [0.5, 0.6) is 0 Å². The van der Waals surface area contributed by atoms with E-state index in [2.05, 4.69) is 16.7 Å². The van der Waals surface area contributed by atoms with Crippen molar-refractivity contribution in [2.75, 3.05) is 44.2 Å². The first kappa shape index (κ1) is 23.4. The van der Waals surface area contributed by atoms with Crippen LogP contribution in [-0.4, -0.2) is 79.8 Å². The maximum Gasteiger partial charge on any atom is 0.303 e. The summed E-state index contributed by atoms with van der Waals surface area (Å²) in [5, 5.41) is 8.87. The number of thioether (sulfide) groups is 1.